The van der Waals surface area contributed by atoms with Crippen molar-refractivity contribution in [3.05, 3.63) is 76.4 Å². The van der Waals surface area contributed by atoms with Gasteiger partial charge >= 0.3 is 0 Å². The molecule has 3 aromatic rings. The van der Waals surface area contributed by atoms with E-state index in [9.17, 15) is 0 Å². The summed E-state index contributed by atoms with van der Waals surface area (Å²) in [5.74, 6) is 0.645. The van der Waals surface area contributed by atoms with Crippen molar-refractivity contribution >= 4 is 52.0 Å². The van der Waals surface area contributed by atoms with E-state index in [1.807, 2.05) is 54.7 Å². The third kappa shape index (κ3) is 4.26. The first-order valence-electron chi connectivity index (χ1n) is 7.21. The van der Waals surface area contributed by atoms with Crippen molar-refractivity contribution in [3.63, 3.8) is 0 Å². The maximum Gasteiger partial charge on any atom is 0.176 e. The van der Waals surface area contributed by atoms with Gasteiger partial charge in [0.15, 0.2) is 10.9 Å². The number of para-hydroxylation sites is 1. The Bertz CT molecular complexity index is 863. The van der Waals surface area contributed by atoms with Crippen molar-refractivity contribution in [3.8, 4) is 0 Å². The highest BCUT2D eigenvalue weighted by molar-refractivity contribution is 7.80. The van der Waals surface area contributed by atoms with Crippen molar-refractivity contribution in [1.82, 2.24) is 9.78 Å². The third-order valence-corrected chi connectivity index (χ3v) is 4.20. The lowest BCUT2D eigenvalue weighted by Crippen LogP contribution is -2.19. The lowest BCUT2D eigenvalue weighted by molar-refractivity contribution is 0.690. The summed E-state index contributed by atoms with van der Waals surface area (Å²) in [5.41, 5.74) is 1.75. The smallest absolute Gasteiger partial charge is 0.176 e. The van der Waals surface area contributed by atoms with Gasteiger partial charge in [0.1, 0.15) is 0 Å². The SMILES string of the molecule is S=C(Nc1ccn(Cc2ccccc2Cl)n1)Nc1ccccc1Cl. The Balaban J connectivity index is 1.63. The van der Waals surface area contributed by atoms with E-state index in [2.05, 4.69) is 15.7 Å². The van der Waals surface area contributed by atoms with Crippen molar-refractivity contribution in [1.29, 1.82) is 0 Å². The second kappa shape index (κ2) is 7.66. The average molecular weight is 377 g/mol. The van der Waals surface area contributed by atoms with Crippen LogP contribution in [0.2, 0.25) is 10.0 Å². The molecule has 3 rings (SSSR count). The second-order valence-corrected chi connectivity index (χ2v) is 6.27. The molecule has 0 bridgehead atoms. The summed E-state index contributed by atoms with van der Waals surface area (Å²) in [6.07, 6.45) is 1.86. The standard InChI is InChI=1S/C17H14Cl2N4S/c18-13-6-2-1-5-12(13)11-23-10-9-16(22-23)21-17(24)20-15-8-4-3-7-14(15)19/h1-10H,11H2,(H2,20,21,22,24). The van der Waals surface area contributed by atoms with Crippen molar-refractivity contribution < 1.29 is 0 Å². The summed E-state index contributed by atoms with van der Waals surface area (Å²) in [6, 6.07) is 16.9. The lowest BCUT2D eigenvalue weighted by Gasteiger charge is -2.10. The maximum atomic E-state index is 6.17. The number of rotatable bonds is 4. The molecular formula is C17H14Cl2N4S. The number of anilines is 2. The van der Waals surface area contributed by atoms with E-state index >= 15 is 0 Å². The van der Waals surface area contributed by atoms with Gasteiger partial charge in [0, 0.05) is 17.3 Å². The molecule has 4 nitrogen and oxygen atoms in total. The number of thiocarbonyl (C=S) groups is 1. The minimum absolute atomic E-state index is 0.422. The zero-order valence-electron chi connectivity index (χ0n) is 12.5. The molecule has 0 spiro atoms. The quantitative estimate of drug-likeness (QED) is 0.625. The van der Waals surface area contributed by atoms with E-state index < -0.39 is 0 Å². The molecule has 1 aromatic heterocycles. The van der Waals surface area contributed by atoms with Gasteiger partial charge in [-0.25, -0.2) is 0 Å². The number of halogens is 2. The zero-order chi connectivity index (χ0) is 16.9. The van der Waals surface area contributed by atoms with Gasteiger partial charge in [-0.3, -0.25) is 4.68 Å². The highest BCUT2D eigenvalue weighted by Gasteiger charge is 2.06. The molecular weight excluding hydrogens is 363 g/mol. The monoisotopic (exact) mass is 376 g/mol. The minimum Gasteiger partial charge on any atom is -0.331 e. The Morgan fingerprint density at radius 3 is 2.42 bits per heavy atom. The third-order valence-electron chi connectivity index (χ3n) is 3.29. The lowest BCUT2D eigenvalue weighted by atomic mass is 10.2. The molecule has 0 atom stereocenters. The summed E-state index contributed by atoms with van der Waals surface area (Å²) >= 11 is 17.6. The molecule has 0 saturated carbocycles. The van der Waals surface area contributed by atoms with Gasteiger partial charge in [-0.15, -0.1) is 0 Å². The van der Waals surface area contributed by atoms with Crippen LogP contribution in [0, 0.1) is 0 Å². The molecule has 7 heteroatoms. The van der Waals surface area contributed by atoms with Crippen LogP contribution in [-0.4, -0.2) is 14.9 Å². The van der Waals surface area contributed by atoms with Crippen LogP contribution in [-0.2, 0) is 6.54 Å². The highest BCUT2D eigenvalue weighted by atomic mass is 35.5. The Morgan fingerprint density at radius 2 is 1.67 bits per heavy atom. The Morgan fingerprint density at radius 1 is 0.958 bits per heavy atom. The van der Waals surface area contributed by atoms with Crippen LogP contribution >= 0.6 is 35.4 Å². The molecule has 0 aliphatic rings. The molecule has 0 saturated heterocycles. The number of benzene rings is 2. The van der Waals surface area contributed by atoms with Gasteiger partial charge < -0.3 is 10.6 Å². The average Bonchev–Trinajstić information content (AvgIpc) is 2.99. The van der Waals surface area contributed by atoms with E-state index in [1.54, 1.807) is 10.7 Å². The number of nitrogens with zero attached hydrogens (tertiary/aromatic N) is 2. The minimum atomic E-state index is 0.422. The fraction of sp³-hybridized carbons (Fsp3) is 0.0588. The molecule has 0 fully saturated rings. The maximum absolute atomic E-state index is 6.17. The normalized spacial score (nSPS) is 10.4. The summed E-state index contributed by atoms with van der Waals surface area (Å²) in [6.45, 7) is 0.589. The van der Waals surface area contributed by atoms with Crippen molar-refractivity contribution in [2.45, 2.75) is 6.54 Å². The van der Waals surface area contributed by atoms with Crippen molar-refractivity contribution in [2.75, 3.05) is 10.6 Å². The van der Waals surface area contributed by atoms with Crippen LogP contribution in [0.4, 0.5) is 11.5 Å². The molecule has 0 aliphatic carbocycles. The van der Waals surface area contributed by atoms with E-state index in [-0.39, 0.29) is 0 Å². The summed E-state index contributed by atoms with van der Waals surface area (Å²) in [4.78, 5) is 0. The molecule has 0 amide bonds. The Labute approximate surface area is 155 Å². The van der Waals surface area contributed by atoms with Gasteiger partial charge in [0.25, 0.3) is 0 Å². The molecule has 0 radical (unpaired) electrons. The van der Waals surface area contributed by atoms with Gasteiger partial charge in [-0.05, 0) is 36.0 Å². The van der Waals surface area contributed by atoms with Crippen molar-refractivity contribution in [2.24, 2.45) is 0 Å². The summed E-state index contributed by atoms with van der Waals surface area (Å²) < 4.78 is 1.79. The Hall–Kier alpha value is -2.08. The molecule has 2 N–H and O–H groups in total. The van der Waals surface area contributed by atoms with Gasteiger partial charge in [0.2, 0.25) is 0 Å². The number of hydrogen-bond donors (Lipinski definition) is 2. The summed E-state index contributed by atoms with van der Waals surface area (Å²) in [7, 11) is 0. The van der Waals surface area contributed by atoms with Crippen LogP contribution in [0.25, 0.3) is 0 Å². The van der Waals surface area contributed by atoms with E-state index in [1.165, 1.54) is 0 Å². The van der Waals surface area contributed by atoms with Crippen LogP contribution in [0.5, 0.6) is 0 Å². The van der Waals surface area contributed by atoms with Crippen LogP contribution in [0.3, 0.4) is 0 Å². The largest absolute Gasteiger partial charge is 0.331 e. The van der Waals surface area contributed by atoms with Gasteiger partial charge in [-0.2, -0.15) is 5.10 Å². The predicted molar refractivity (Wildman–Crippen MR) is 104 cm³/mol. The molecule has 2 aromatic carbocycles. The fourth-order valence-corrected chi connectivity index (χ4v) is 2.74. The molecule has 122 valence electrons. The first-order chi connectivity index (χ1) is 11.6. The highest BCUT2D eigenvalue weighted by Crippen LogP contribution is 2.21. The fourth-order valence-electron chi connectivity index (χ4n) is 2.15. The zero-order valence-corrected chi connectivity index (χ0v) is 14.9. The molecule has 0 aliphatic heterocycles. The number of nitrogens with one attached hydrogen (secondary N) is 2. The topological polar surface area (TPSA) is 41.9 Å². The first-order valence-corrected chi connectivity index (χ1v) is 8.37. The second-order valence-electron chi connectivity index (χ2n) is 5.05. The predicted octanol–water partition coefficient (Wildman–Crippen LogP) is 5.05. The van der Waals surface area contributed by atoms with Gasteiger partial charge in [-0.1, -0.05) is 53.5 Å². The molecule has 24 heavy (non-hydrogen) atoms. The Kier molecular flexibility index (Phi) is 5.35. The number of hydrogen-bond acceptors (Lipinski definition) is 2. The molecule has 1 heterocycles. The summed E-state index contributed by atoms with van der Waals surface area (Å²) in [5, 5.41) is 12.3. The first kappa shape index (κ1) is 16.8. The number of aromatic nitrogens is 2. The van der Waals surface area contributed by atoms with E-state index in [0.29, 0.717) is 22.5 Å². The van der Waals surface area contributed by atoms with E-state index in [4.69, 9.17) is 35.4 Å². The van der Waals surface area contributed by atoms with Gasteiger partial charge in [0.05, 0.1) is 17.3 Å². The van der Waals surface area contributed by atoms with Crippen LogP contribution < -0.4 is 10.6 Å². The van der Waals surface area contributed by atoms with Crippen LogP contribution in [0.1, 0.15) is 5.56 Å². The molecule has 0 unspecified atom stereocenters. The van der Waals surface area contributed by atoms with Crippen LogP contribution in [0.15, 0.2) is 60.8 Å². The van der Waals surface area contributed by atoms with E-state index in [0.717, 1.165) is 16.3 Å².